The van der Waals surface area contributed by atoms with Gasteiger partial charge >= 0.3 is 0 Å². The standard InChI is InChI=1S/C15H15ClN2OS2/c1-15(6-13(17)18(2)14(19)7-15)11-5-9(8-20-11)10-3-4-12(16)21-10/h3-5,8,17H,6-7H2,1-2H3/t15-/m0/s1. The molecule has 0 spiro atoms. The Kier molecular flexibility index (Phi) is 3.67. The van der Waals surface area contributed by atoms with Crippen molar-refractivity contribution >= 4 is 46.0 Å². The van der Waals surface area contributed by atoms with Crippen LogP contribution in [0.2, 0.25) is 4.34 Å². The summed E-state index contributed by atoms with van der Waals surface area (Å²) >= 11 is 9.21. The number of carbonyl (C=O) groups is 1. The zero-order valence-corrected chi connectivity index (χ0v) is 14.2. The average Bonchev–Trinajstić information content (AvgIpc) is 3.04. The minimum Gasteiger partial charge on any atom is -0.304 e. The molecule has 1 fully saturated rings. The summed E-state index contributed by atoms with van der Waals surface area (Å²) in [5.74, 6) is 0.408. The van der Waals surface area contributed by atoms with Crippen LogP contribution in [-0.4, -0.2) is 23.7 Å². The highest BCUT2D eigenvalue weighted by atomic mass is 35.5. The van der Waals surface area contributed by atoms with Crippen molar-refractivity contribution in [2.24, 2.45) is 0 Å². The lowest BCUT2D eigenvalue weighted by molar-refractivity contribution is -0.128. The Labute approximate surface area is 136 Å². The largest absolute Gasteiger partial charge is 0.304 e. The summed E-state index contributed by atoms with van der Waals surface area (Å²) < 4.78 is 0.778. The summed E-state index contributed by atoms with van der Waals surface area (Å²) in [5, 5.41) is 10.1. The normalized spacial score (nSPS) is 22.9. The zero-order valence-electron chi connectivity index (χ0n) is 11.8. The fraction of sp³-hybridized carbons (Fsp3) is 0.333. The summed E-state index contributed by atoms with van der Waals surface area (Å²) in [6.07, 6.45) is 1.05. The molecule has 110 valence electrons. The van der Waals surface area contributed by atoms with Gasteiger partial charge in [-0.2, -0.15) is 0 Å². The van der Waals surface area contributed by atoms with E-state index in [4.69, 9.17) is 17.0 Å². The highest BCUT2D eigenvalue weighted by Gasteiger charge is 2.39. The number of carbonyl (C=O) groups excluding carboxylic acids is 1. The molecule has 3 heterocycles. The van der Waals surface area contributed by atoms with Crippen LogP contribution in [0.5, 0.6) is 0 Å². The number of thiophene rings is 2. The van der Waals surface area contributed by atoms with E-state index in [0.717, 1.165) is 19.7 Å². The maximum absolute atomic E-state index is 12.0. The molecule has 0 bridgehead atoms. The van der Waals surface area contributed by atoms with Crippen molar-refractivity contribution in [1.29, 1.82) is 5.41 Å². The van der Waals surface area contributed by atoms with Crippen LogP contribution < -0.4 is 0 Å². The van der Waals surface area contributed by atoms with Crippen molar-refractivity contribution in [1.82, 2.24) is 4.90 Å². The third-order valence-electron chi connectivity index (χ3n) is 3.93. The number of piperidine rings is 1. The number of hydrogen-bond acceptors (Lipinski definition) is 4. The van der Waals surface area contributed by atoms with E-state index in [-0.39, 0.29) is 11.3 Å². The van der Waals surface area contributed by atoms with Crippen LogP contribution in [0, 0.1) is 5.41 Å². The molecule has 1 aliphatic heterocycles. The molecule has 3 rings (SSSR count). The monoisotopic (exact) mass is 338 g/mol. The Morgan fingerprint density at radius 1 is 1.38 bits per heavy atom. The topological polar surface area (TPSA) is 44.2 Å². The molecule has 0 aromatic carbocycles. The van der Waals surface area contributed by atoms with Crippen molar-refractivity contribution < 1.29 is 4.79 Å². The second kappa shape index (κ2) is 5.23. The molecule has 3 nitrogen and oxygen atoms in total. The van der Waals surface area contributed by atoms with Crippen LogP contribution in [0.15, 0.2) is 23.6 Å². The molecule has 0 unspecified atom stereocenters. The highest BCUT2D eigenvalue weighted by molar-refractivity contribution is 7.19. The van der Waals surface area contributed by atoms with Gasteiger partial charge in [0.05, 0.1) is 4.34 Å². The molecule has 0 radical (unpaired) electrons. The molecule has 1 saturated heterocycles. The van der Waals surface area contributed by atoms with Crippen LogP contribution in [-0.2, 0) is 10.2 Å². The second-order valence-electron chi connectivity index (χ2n) is 5.62. The zero-order chi connectivity index (χ0) is 15.2. The number of nitrogens with one attached hydrogen (secondary N) is 1. The van der Waals surface area contributed by atoms with Gasteiger partial charge in [-0.3, -0.25) is 10.2 Å². The first-order valence-electron chi connectivity index (χ1n) is 6.58. The van der Waals surface area contributed by atoms with E-state index in [1.165, 1.54) is 4.90 Å². The third-order valence-corrected chi connectivity index (χ3v) is 6.45. The first-order chi connectivity index (χ1) is 9.89. The van der Waals surface area contributed by atoms with Crippen LogP contribution in [0.4, 0.5) is 0 Å². The van der Waals surface area contributed by atoms with Crippen LogP contribution in [0.3, 0.4) is 0 Å². The first-order valence-corrected chi connectivity index (χ1v) is 8.65. The Bertz CT molecular complexity index is 701. The minimum atomic E-state index is -0.273. The maximum Gasteiger partial charge on any atom is 0.228 e. The van der Waals surface area contributed by atoms with Gasteiger partial charge in [-0.05, 0) is 23.6 Å². The van der Waals surface area contributed by atoms with Gasteiger partial charge in [-0.1, -0.05) is 18.5 Å². The molecule has 1 N–H and O–H groups in total. The second-order valence-corrected chi connectivity index (χ2v) is 8.24. The predicted octanol–water partition coefficient (Wildman–Crippen LogP) is 4.62. The summed E-state index contributed by atoms with van der Waals surface area (Å²) in [4.78, 5) is 15.8. The lowest BCUT2D eigenvalue weighted by atomic mass is 9.78. The Morgan fingerprint density at radius 3 is 2.76 bits per heavy atom. The molecule has 0 aliphatic carbocycles. The maximum atomic E-state index is 12.0. The van der Waals surface area contributed by atoms with Crippen LogP contribution >= 0.6 is 34.3 Å². The van der Waals surface area contributed by atoms with E-state index < -0.39 is 0 Å². The summed E-state index contributed by atoms with van der Waals surface area (Å²) in [5.41, 5.74) is 0.871. The van der Waals surface area contributed by atoms with Crippen molar-refractivity contribution in [3.8, 4) is 10.4 Å². The third kappa shape index (κ3) is 2.65. The van der Waals surface area contributed by atoms with Gasteiger partial charge in [0.2, 0.25) is 5.91 Å². The lowest BCUT2D eigenvalue weighted by Gasteiger charge is -2.36. The van der Waals surface area contributed by atoms with Crippen LogP contribution in [0.1, 0.15) is 24.6 Å². The molecule has 2 aromatic heterocycles. The Morgan fingerprint density at radius 2 is 2.14 bits per heavy atom. The summed E-state index contributed by atoms with van der Waals surface area (Å²) in [6, 6.07) is 6.05. The summed E-state index contributed by atoms with van der Waals surface area (Å²) in [7, 11) is 1.68. The van der Waals surface area contributed by atoms with E-state index in [0.29, 0.717) is 18.7 Å². The van der Waals surface area contributed by atoms with Crippen molar-refractivity contribution in [3.05, 3.63) is 32.8 Å². The van der Waals surface area contributed by atoms with Gasteiger partial charge in [0.1, 0.15) is 5.84 Å². The molecule has 1 atom stereocenters. The van der Waals surface area contributed by atoms with Crippen molar-refractivity contribution in [2.75, 3.05) is 7.05 Å². The smallest absolute Gasteiger partial charge is 0.228 e. The van der Waals surface area contributed by atoms with Crippen molar-refractivity contribution in [3.63, 3.8) is 0 Å². The predicted molar refractivity (Wildman–Crippen MR) is 89.7 cm³/mol. The highest BCUT2D eigenvalue weighted by Crippen LogP contribution is 2.42. The quantitative estimate of drug-likeness (QED) is 0.853. The van der Waals surface area contributed by atoms with E-state index in [9.17, 15) is 4.79 Å². The average molecular weight is 339 g/mol. The number of amidine groups is 1. The van der Waals surface area contributed by atoms with Gasteiger partial charge in [0, 0.05) is 40.6 Å². The molecule has 6 heteroatoms. The molecule has 1 amide bonds. The number of likely N-dealkylation sites (tertiary alicyclic amines) is 1. The fourth-order valence-corrected chi connectivity index (χ4v) is 4.76. The lowest BCUT2D eigenvalue weighted by Crippen LogP contribution is -2.46. The number of hydrogen-bond donors (Lipinski definition) is 1. The first kappa shape index (κ1) is 14.8. The van der Waals surface area contributed by atoms with Gasteiger partial charge in [-0.25, -0.2) is 0 Å². The van der Waals surface area contributed by atoms with Gasteiger partial charge in [0.25, 0.3) is 0 Å². The van der Waals surface area contributed by atoms with Gasteiger partial charge in [0.15, 0.2) is 0 Å². The fourth-order valence-electron chi connectivity index (χ4n) is 2.58. The van der Waals surface area contributed by atoms with E-state index in [1.807, 2.05) is 12.1 Å². The van der Waals surface area contributed by atoms with Gasteiger partial charge in [-0.15, -0.1) is 22.7 Å². The Balaban J connectivity index is 1.92. The summed E-state index contributed by atoms with van der Waals surface area (Å²) in [6.45, 7) is 2.07. The molecule has 21 heavy (non-hydrogen) atoms. The van der Waals surface area contributed by atoms with Gasteiger partial charge < -0.3 is 4.90 Å². The molecular formula is C15H15ClN2OS2. The van der Waals surface area contributed by atoms with E-state index >= 15 is 0 Å². The molecular weight excluding hydrogens is 324 g/mol. The number of nitrogens with zero attached hydrogens (tertiary/aromatic N) is 1. The Hall–Kier alpha value is -1.17. The van der Waals surface area contributed by atoms with Crippen molar-refractivity contribution in [2.45, 2.75) is 25.2 Å². The minimum absolute atomic E-state index is 0.0165. The number of halogens is 1. The number of amides is 1. The molecule has 0 saturated carbocycles. The van der Waals surface area contributed by atoms with E-state index in [1.54, 1.807) is 29.7 Å². The SMILES string of the molecule is CN1C(=N)C[C@](C)(c2cc(-c3ccc(Cl)s3)cs2)CC1=O. The van der Waals surface area contributed by atoms with E-state index in [2.05, 4.69) is 18.4 Å². The number of rotatable bonds is 2. The van der Waals surface area contributed by atoms with Crippen LogP contribution in [0.25, 0.3) is 10.4 Å². The molecule has 1 aliphatic rings. The molecule has 2 aromatic rings.